The molecule has 0 bridgehead atoms. The second kappa shape index (κ2) is 11.0. The molecule has 0 fully saturated rings. The van der Waals surface area contributed by atoms with Gasteiger partial charge in [0.2, 0.25) is 11.8 Å². The molecule has 1 aliphatic rings. The lowest BCUT2D eigenvalue weighted by Crippen LogP contribution is -2.54. The maximum absolute atomic E-state index is 12.9. The summed E-state index contributed by atoms with van der Waals surface area (Å²) < 4.78 is 10.8. The number of alkyl carbamates (subject to hydrolysis) is 1. The highest BCUT2D eigenvalue weighted by Crippen LogP contribution is 2.21. The number of amides is 3. The third-order valence-electron chi connectivity index (χ3n) is 4.63. The number of hydrogen-bond acceptors (Lipinski definition) is 5. The topological polar surface area (TPSA) is 106 Å². The average Bonchev–Trinajstić information content (AvgIpc) is 2.83. The first-order valence-electron chi connectivity index (χ1n) is 10.5. The van der Waals surface area contributed by atoms with Crippen LogP contribution in [0.2, 0.25) is 0 Å². The quantitative estimate of drug-likeness (QED) is 0.562. The fourth-order valence-corrected chi connectivity index (χ4v) is 2.93. The van der Waals surface area contributed by atoms with Gasteiger partial charge in [-0.25, -0.2) is 4.79 Å². The van der Waals surface area contributed by atoms with E-state index in [2.05, 4.69) is 16.0 Å². The Bertz CT molecular complexity index is 745. The molecule has 0 radical (unpaired) electrons. The maximum Gasteiger partial charge on any atom is 0.407 e. The number of rotatable bonds is 8. The van der Waals surface area contributed by atoms with Crippen LogP contribution in [0.5, 0.6) is 0 Å². The Morgan fingerprint density at radius 3 is 2.70 bits per heavy atom. The number of fused-ring (bicyclic) bond motifs is 1. The van der Waals surface area contributed by atoms with Gasteiger partial charge in [-0.2, -0.15) is 0 Å². The summed E-state index contributed by atoms with van der Waals surface area (Å²) in [5.74, 6) is -0.771. The van der Waals surface area contributed by atoms with Gasteiger partial charge in [-0.15, -0.1) is 0 Å². The van der Waals surface area contributed by atoms with Gasteiger partial charge in [-0.05, 0) is 51.7 Å². The Labute approximate surface area is 178 Å². The monoisotopic (exact) mass is 419 g/mol. The Kier molecular flexibility index (Phi) is 8.65. The van der Waals surface area contributed by atoms with Gasteiger partial charge in [-0.1, -0.05) is 31.5 Å². The largest absolute Gasteiger partial charge is 0.450 e. The van der Waals surface area contributed by atoms with Crippen molar-refractivity contribution in [1.29, 1.82) is 0 Å². The molecule has 0 unspecified atom stereocenters. The molecular formula is C22H33N3O5. The normalized spacial score (nSPS) is 17.2. The van der Waals surface area contributed by atoms with Crippen molar-refractivity contribution in [1.82, 2.24) is 10.6 Å². The van der Waals surface area contributed by atoms with Crippen LogP contribution in [0.15, 0.2) is 24.3 Å². The molecule has 30 heavy (non-hydrogen) atoms. The molecule has 1 heterocycles. The van der Waals surface area contributed by atoms with Crippen molar-refractivity contribution in [3.8, 4) is 0 Å². The van der Waals surface area contributed by atoms with Crippen molar-refractivity contribution in [2.45, 2.75) is 71.1 Å². The van der Waals surface area contributed by atoms with Gasteiger partial charge < -0.3 is 25.4 Å². The first-order chi connectivity index (χ1) is 14.2. The van der Waals surface area contributed by atoms with Crippen molar-refractivity contribution in [3.05, 3.63) is 29.8 Å². The van der Waals surface area contributed by atoms with Gasteiger partial charge in [-0.3, -0.25) is 9.59 Å². The van der Waals surface area contributed by atoms with Crippen LogP contribution in [0, 0.1) is 0 Å². The van der Waals surface area contributed by atoms with E-state index in [1.165, 1.54) is 0 Å². The van der Waals surface area contributed by atoms with Gasteiger partial charge in [0.1, 0.15) is 12.1 Å². The molecule has 0 spiro atoms. The maximum atomic E-state index is 12.9. The van der Waals surface area contributed by atoms with Crippen LogP contribution in [0.4, 0.5) is 10.5 Å². The Morgan fingerprint density at radius 2 is 2.00 bits per heavy atom. The number of para-hydroxylation sites is 1. The van der Waals surface area contributed by atoms with E-state index >= 15 is 0 Å². The Balaban J connectivity index is 2.01. The summed E-state index contributed by atoms with van der Waals surface area (Å²) >= 11 is 0. The van der Waals surface area contributed by atoms with Crippen LogP contribution in [0.1, 0.15) is 52.5 Å². The molecule has 8 heteroatoms. The minimum absolute atomic E-state index is 0.0349. The van der Waals surface area contributed by atoms with Crippen LogP contribution >= 0.6 is 0 Å². The Morgan fingerprint density at radius 1 is 1.27 bits per heavy atom. The highest BCUT2D eigenvalue weighted by Gasteiger charge is 2.30. The molecule has 3 amide bonds. The molecule has 166 valence electrons. The lowest BCUT2D eigenvalue weighted by Gasteiger charge is -2.26. The van der Waals surface area contributed by atoms with Gasteiger partial charge in [0, 0.05) is 5.69 Å². The van der Waals surface area contributed by atoms with E-state index in [4.69, 9.17) is 9.47 Å². The molecule has 2 rings (SSSR count). The molecule has 1 aromatic carbocycles. The lowest BCUT2D eigenvalue weighted by molar-refractivity contribution is -0.130. The first kappa shape index (κ1) is 23.7. The summed E-state index contributed by atoms with van der Waals surface area (Å²) in [5, 5.41) is 8.16. The van der Waals surface area contributed by atoms with Crippen molar-refractivity contribution in [3.63, 3.8) is 0 Å². The Hall–Kier alpha value is -2.61. The van der Waals surface area contributed by atoms with Crippen molar-refractivity contribution >= 4 is 23.6 Å². The zero-order chi connectivity index (χ0) is 22.1. The second-order valence-electron chi connectivity index (χ2n) is 8.36. The van der Waals surface area contributed by atoms with E-state index in [1.807, 2.05) is 52.0 Å². The smallest absolute Gasteiger partial charge is 0.407 e. The van der Waals surface area contributed by atoms with E-state index in [9.17, 15) is 14.4 Å². The van der Waals surface area contributed by atoms with Crippen LogP contribution < -0.4 is 16.0 Å². The number of carbonyl (C=O) groups excluding carboxylic acids is 3. The summed E-state index contributed by atoms with van der Waals surface area (Å²) in [6.45, 7) is 7.81. The fourth-order valence-electron chi connectivity index (χ4n) is 2.93. The minimum atomic E-state index is -0.975. The third kappa shape index (κ3) is 7.67. The molecule has 1 aromatic rings. The van der Waals surface area contributed by atoms with E-state index in [1.54, 1.807) is 0 Å². The van der Waals surface area contributed by atoms with Gasteiger partial charge in [0.15, 0.2) is 0 Å². The van der Waals surface area contributed by atoms with E-state index in [0.29, 0.717) is 12.8 Å². The van der Waals surface area contributed by atoms with E-state index < -0.39 is 29.7 Å². The summed E-state index contributed by atoms with van der Waals surface area (Å²) in [6, 6.07) is 5.87. The SMILES string of the molecule is CCCCOC(=O)N[C@H](COC(C)(C)C)C(=O)N[C@@H]1CCc2ccccc2NC1=O. The minimum Gasteiger partial charge on any atom is -0.450 e. The fraction of sp³-hybridized carbons (Fsp3) is 0.591. The highest BCUT2D eigenvalue weighted by atomic mass is 16.5. The average molecular weight is 420 g/mol. The molecule has 2 atom stereocenters. The van der Waals surface area contributed by atoms with Crippen LogP contribution in [-0.4, -0.2) is 48.8 Å². The molecule has 0 aromatic heterocycles. The predicted molar refractivity (Wildman–Crippen MR) is 114 cm³/mol. The van der Waals surface area contributed by atoms with Crippen LogP contribution in [0.25, 0.3) is 0 Å². The number of carbonyl (C=O) groups is 3. The van der Waals surface area contributed by atoms with Crippen LogP contribution in [0.3, 0.4) is 0 Å². The molecule has 0 saturated carbocycles. The van der Waals surface area contributed by atoms with Gasteiger partial charge >= 0.3 is 6.09 Å². The first-order valence-corrected chi connectivity index (χ1v) is 10.5. The van der Waals surface area contributed by atoms with E-state index in [0.717, 1.165) is 24.1 Å². The number of aryl methyl sites for hydroxylation is 1. The zero-order valence-corrected chi connectivity index (χ0v) is 18.2. The predicted octanol–water partition coefficient (Wildman–Crippen LogP) is 2.77. The molecule has 8 nitrogen and oxygen atoms in total. The second-order valence-corrected chi connectivity index (χ2v) is 8.36. The highest BCUT2D eigenvalue weighted by molar-refractivity contribution is 5.99. The van der Waals surface area contributed by atoms with Crippen LogP contribution in [-0.2, 0) is 25.5 Å². The summed E-state index contributed by atoms with van der Waals surface area (Å²) in [5.41, 5.74) is 1.28. The summed E-state index contributed by atoms with van der Waals surface area (Å²) in [4.78, 5) is 37.5. The summed E-state index contributed by atoms with van der Waals surface area (Å²) in [7, 11) is 0. The molecule has 3 N–H and O–H groups in total. The number of benzene rings is 1. The van der Waals surface area contributed by atoms with Crippen molar-refractivity contribution < 1.29 is 23.9 Å². The van der Waals surface area contributed by atoms with Crippen molar-refractivity contribution in [2.24, 2.45) is 0 Å². The number of ether oxygens (including phenoxy) is 2. The standard InChI is InChI=1S/C22H33N3O5/c1-5-6-13-29-21(28)25-18(14-30-22(2,3)4)20(27)24-17-12-11-15-9-7-8-10-16(15)23-19(17)26/h7-10,17-18H,5-6,11-14H2,1-4H3,(H,23,26)(H,24,27)(H,25,28)/t17-,18-/m1/s1. The number of unbranched alkanes of at least 4 members (excludes halogenated alkanes) is 1. The molecular weight excluding hydrogens is 386 g/mol. The number of anilines is 1. The molecule has 0 saturated heterocycles. The number of hydrogen-bond donors (Lipinski definition) is 3. The lowest BCUT2D eigenvalue weighted by atomic mass is 10.1. The zero-order valence-electron chi connectivity index (χ0n) is 18.2. The van der Waals surface area contributed by atoms with Gasteiger partial charge in [0.05, 0.1) is 18.8 Å². The number of nitrogens with one attached hydrogen (secondary N) is 3. The van der Waals surface area contributed by atoms with Crippen molar-refractivity contribution in [2.75, 3.05) is 18.5 Å². The molecule has 1 aliphatic heterocycles. The summed E-state index contributed by atoms with van der Waals surface area (Å²) in [6.07, 6.45) is 2.06. The third-order valence-corrected chi connectivity index (χ3v) is 4.63. The van der Waals surface area contributed by atoms with Gasteiger partial charge in [0.25, 0.3) is 0 Å². The molecule has 0 aliphatic carbocycles. The van der Waals surface area contributed by atoms with E-state index in [-0.39, 0.29) is 19.1 Å².